The number of hydrogen-bond acceptors (Lipinski definition) is 5. The lowest BCUT2D eigenvalue weighted by molar-refractivity contribution is -0.122. The summed E-state index contributed by atoms with van der Waals surface area (Å²) < 4.78 is 0.638. The molecule has 0 bridgehead atoms. The Morgan fingerprint density at radius 3 is 2.68 bits per heavy atom. The average Bonchev–Trinajstić information content (AvgIpc) is 3.09. The molecular weight excluding hydrogens is 368 g/mol. The van der Waals surface area contributed by atoms with E-state index in [1.165, 1.54) is 33.1 Å². The molecule has 2 aromatic carbocycles. The highest BCUT2D eigenvalue weighted by Crippen LogP contribution is 2.48. The molecule has 126 valence electrons. The Kier molecular flexibility index (Phi) is 4.35. The van der Waals surface area contributed by atoms with E-state index in [2.05, 4.69) is 48.3 Å². The summed E-state index contributed by atoms with van der Waals surface area (Å²) in [5.41, 5.74) is 1.23. The second-order valence-corrected chi connectivity index (χ2v) is 8.49. The number of carbonyl (C=O) groups excluding carboxylic acids is 1. The third-order valence-corrected chi connectivity index (χ3v) is 6.88. The van der Waals surface area contributed by atoms with Gasteiger partial charge in [-0.25, -0.2) is 0 Å². The first-order valence-electron chi connectivity index (χ1n) is 7.99. The molecule has 0 atom stereocenters. The number of nitrogens with zero attached hydrogens (tertiary/aromatic N) is 2. The molecule has 0 spiro atoms. The number of allylic oxidation sites excluding steroid dienone is 2. The molecule has 0 unspecified atom stereocenters. The molecular formula is C19H16N2OS3. The van der Waals surface area contributed by atoms with E-state index in [0.717, 1.165) is 5.03 Å². The lowest BCUT2D eigenvalue weighted by Crippen LogP contribution is -2.27. The molecule has 2 heterocycles. The van der Waals surface area contributed by atoms with Gasteiger partial charge in [0.25, 0.3) is 5.91 Å². The first kappa shape index (κ1) is 16.7. The Morgan fingerprint density at radius 1 is 1.12 bits per heavy atom. The minimum absolute atomic E-state index is 0.00274. The molecule has 3 nitrogen and oxygen atoms in total. The summed E-state index contributed by atoms with van der Waals surface area (Å²) in [7, 11) is 2.07. The number of fused-ring (bicyclic) bond motifs is 3. The van der Waals surface area contributed by atoms with Crippen molar-refractivity contribution >= 4 is 62.4 Å². The molecule has 25 heavy (non-hydrogen) atoms. The second-order valence-electron chi connectivity index (χ2n) is 5.75. The number of carbonyl (C=O) groups is 1. The average molecular weight is 385 g/mol. The number of benzene rings is 2. The lowest BCUT2D eigenvalue weighted by atomic mass is 10.1. The van der Waals surface area contributed by atoms with Gasteiger partial charge in [-0.15, -0.1) is 0 Å². The van der Waals surface area contributed by atoms with Crippen LogP contribution in [0.1, 0.15) is 6.92 Å². The summed E-state index contributed by atoms with van der Waals surface area (Å²) in [5.74, 6) is 0.00274. The topological polar surface area (TPSA) is 23.6 Å². The fourth-order valence-electron chi connectivity index (χ4n) is 3.03. The predicted molar refractivity (Wildman–Crippen MR) is 112 cm³/mol. The van der Waals surface area contributed by atoms with Gasteiger partial charge in [0.1, 0.15) is 4.32 Å². The van der Waals surface area contributed by atoms with Crippen molar-refractivity contribution in [2.45, 2.75) is 11.8 Å². The van der Waals surface area contributed by atoms with Gasteiger partial charge in [-0.3, -0.25) is 9.69 Å². The molecule has 2 aliphatic heterocycles. The van der Waals surface area contributed by atoms with E-state index in [-0.39, 0.29) is 5.91 Å². The van der Waals surface area contributed by atoms with Crippen LogP contribution in [-0.4, -0.2) is 28.7 Å². The lowest BCUT2D eigenvalue weighted by Gasteiger charge is -2.15. The van der Waals surface area contributed by atoms with Crippen LogP contribution in [-0.2, 0) is 4.79 Å². The number of amides is 1. The maximum absolute atomic E-state index is 12.3. The highest BCUT2D eigenvalue weighted by molar-refractivity contribution is 8.26. The highest BCUT2D eigenvalue weighted by Gasteiger charge is 2.30. The zero-order valence-corrected chi connectivity index (χ0v) is 16.3. The predicted octanol–water partition coefficient (Wildman–Crippen LogP) is 4.99. The third kappa shape index (κ3) is 2.78. The van der Waals surface area contributed by atoms with Gasteiger partial charge in [0.15, 0.2) is 0 Å². The van der Waals surface area contributed by atoms with Gasteiger partial charge in [0.05, 0.1) is 15.6 Å². The van der Waals surface area contributed by atoms with Gasteiger partial charge in [0, 0.05) is 23.9 Å². The van der Waals surface area contributed by atoms with Gasteiger partial charge < -0.3 is 4.90 Å². The Balaban J connectivity index is 1.68. The van der Waals surface area contributed by atoms with Crippen molar-refractivity contribution in [3.8, 4) is 0 Å². The van der Waals surface area contributed by atoms with Crippen molar-refractivity contribution < 1.29 is 4.79 Å². The van der Waals surface area contributed by atoms with Gasteiger partial charge in [-0.2, -0.15) is 0 Å². The molecule has 6 heteroatoms. The zero-order chi connectivity index (χ0) is 17.6. The molecule has 0 aromatic heterocycles. The van der Waals surface area contributed by atoms with Crippen LogP contribution in [0.2, 0.25) is 0 Å². The number of thioether (sulfide) groups is 2. The van der Waals surface area contributed by atoms with Crippen molar-refractivity contribution in [3.05, 3.63) is 58.5 Å². The van der Waals surface area contributed by atoms with Gasteiger partial charge >= 0.3 is 0 Å². The molecule has 1 saturated heterocycles. The zero-order valence-electron chi connectivity index (χ0n) is 13.9. The number of rotatable bonds is 2. The normalized spacial score (nSPS) is 20.4. The fourth-order valence-corrected chi connectivity index (χ4v) is 5.43. The Bertz CT molecular complexity index is 964. The third-order valence-electron chi connectivity index (χ3n) is 4.31. The Morgan fingerprint density at radius 2 is 1.92 bits per heavy atom. The number of anilines is 1. The van der Waals surface area contributed by atoms with Gasteiger partial charge in [-0.1, -0.05) is 66.1 Å². The van der Waals surface area contributed by atoms with Crippen molar-refractivity contribution in [1.82, 2.24) is 4.90 Å². The van der Waals surface area contributed by atoms with E-state index in [4.69, 9.17) is 12.2 Å². The SMILES string of the molecule is CCN1C(=O)/C(=C/C=C2/Sc3ccc4ccccc4c3N2C)SC1=S. The smallest absolute Gasteiger partial charge is 0.266 e. The van der Waals surface area contributed by atoms with E-state index in [1.54, 1.807) is 16.7 Å². The molecule has 0 aliphatic carbocycles. The maximum atomic E-state index is 12.3. The van der Waals surface area contributed by atoms with Gasteiger partial charge in [-0.05, 0) is 30.5 Å². The van der Waals surface area contributed by atoms with E-state index >= 15 is 0 Å². The van der Waals surface area contributed by atoms with Crippen LogP contribution in [0.15, 0.2) is 63.4 Å². The van der Waals surface area contributed by atoms with E-state index in [1.807, 2.05) is 19.1 Å². The number of thiocarbonyl (C=S) groups is 1. The largest absolute Gasteiger partial charge is 0.338 e. The van der Waals surface area contributed by atoms with E-state index in [0.29, 0.717) is 15.8 Å². The minimum atomic E-state index is 0.00274. The number of likely N-dealkylation sites (N-methyl/N-ethyl adjacent to an activating group) is 1. The summed E-state index contributed by atoms with van der Waals surface area (Å²) in [4.78, 5) is 18.1. The first-order valence-corrected chi connectivity index (χ1v) is 10.0. The van der Waals surface area contributed by atoms with Crippen LogP contribution < -0.4 is 4.90 Å². The van der Waals surface area contributed by atoms with Crippen molar-refractivity contribution in [3.63, 3.8) is 0 Å². The van der Waals surface area contributed by atoms with Crippen LogP contribution in [0.25, 0.3) is 10.8 Å². The maximum Gasteiger partial charge on any atom is 0.266 e. The summed E-state index contributed by atoms with van der Waals surface area (Å²) in [5, 5.41) is 3.59. The Hall–Kier alpha value is -1.76. The summed E-state index contributed by atoms with van der Waals surface area (Å²) in [6.45, 7) is 2.55. The Labute approximate surface area is 160 Å². The highest BCUT2D eigenvalue weighted by atomic mass is 32.2. The quantitative estimate of drug-likeness (QED) is 0.536. The van der Waals surface area contributed by atoms with Crippen molar-refractivity contribution in [2.24, 2.45) is 0 Å². The second kappa shape index (κ2) is 6.52. The molecule has 0 N–H and O–H groups in total. The number of hydrogen-bond donors (Lipinski definition) is 0. The molecule has 0 saturated carbocycles. The molecule has 2 aromatic rings. The van der Waals surface area contributed by atoms with Crippen LogP contribution in [0.3, 0.4) is 0 Å². The van der Waals surface area contributed by atoms with E-state index < -0.39 is 0 Å². The first-order chi connectivity index (χ1) is 12.1. The van der Waals surface area contributed by atoms with Crippen LogP contribution in [0, 0.1) is 0 Å². The molecule has 2 aliphatic rings. The molecule has 1 amide bonds. The minimum Gasteiger partial charge on any atom is -0.338 e. The molecule has 4 rings (SSSR count). The van der Waals surface area contributed by atoms with Crippen molar-refractivity contribution in [1.29, 1.82) is 0 Å². The standard InChI is InChI=1S/C19H16N2OS3/c1-3-21-18(22)15(25-19(21)23)10-11-16-20(2)17-13-7-5-4-6-12(13)8-9-14(17)24-16/h4-11H,3H2,1-2H3/b15-10-,16-11+. The van der Waals surface area contributed by atoms with Gasteiger partial charge in [0.2, 0.25) is 0 Å². The van der Waals surface area contributed by atoms with Crippen LogP contribution >= 0.6 is 35.7 Å². The van der Waals surface area contributed by atoms with Crippen molar-refractivity contribution in [2.75, 3.05) is 18.5 Å². The monoisotopic (exact) mass is 384 g/mol. The van der Waals surface area contributed by atoms with Crippen LogP contribution in [0.4, 0.5) is 5.69 Å². The summed E-state index contributed by atoms with van der Waals surface area (Å²) >= 11 is 8.37. The molecule has 1 fully saturated rings. The summed E-state index contributed by atoms with van der Waals surface area (Å²) in [6, 6.07) is 12.7. The van der Waals surface area contributed by atoms with Crippen LogP contribution in [0.5, 0.6) is 0 Å². The van der Waals surface area contributed by atoms with E-state index in [9.17, 15) is 4.79 Å². The fraction of sp³-hybridized carbons (Fsp3) is 0.158. The molecule has 0 radical (unpaired) electrons. The summed E-state index contributed by atoms with van der Waals surface area (Å²) in [6.07, 6.45) is 3.91.